The van der Waals surface area contributed by atoms with Crippen LogP contribution in [0.15, 0.2) is 29.3 Å². The van der Waals surface area contributed by atoms with E-state index in [0.717, 1.165) is 0 Å². The molecule has 44 heavy (non-hydrogen) atoms. The molecule has 246 valence electrons. The van der Waals surface area contributed by atoms with Crippen LogP contribution >= 0.6 is 0 Å². The second kappa shape index (κ2) is 18.3. The highest BCUT2D eigenvalue weighted by atomic mass is 16.4. The van der Waals surface area contributed by atoms with Gasteiger partial charge in [-0.3, -0.25) is 29.0 Å². The van der Waals surface area contributed by atoms with Gasteiger partial charge in [0, 0.05) is 13.0 Å². The van der Waals surface area contributed by atoms with Crippen molar-refractivity contribution in [2.24, 2.45) is 28.1 Å². The van der Waals surface area contributed by atoms with Crippen LogP contribution in [0.5, 0.6) is 5.75 Å². The molecule has 13 N–H and O–H groups in total. The van der Waals surface area contributed by atoms with Gasteiger partial charge in [-0.25, -0.2) is 0 Å². The Morgan fingerprint density at radius 1 is 0.864 bits per heavy atom. The van der Waals surface area contributed by atoms with E-state index in [1.165, 1.54) is 26.0 Å². The lowest BCUT2D eigenvalue weighted by Crippen LogP contribution is -2.62. The summed E-state index contributed by atoms with van der Waals surface area (Å²) >= 11 is 0. The Kier molecular flexibility index (Phi) is 15.6. The number of phenolic OH excluding ortho intramolecular Hbond substituents is 1. The molecule has 0 spiro atoms. The van der Waals surface area contributed by atoms with Crippen LogP contribution in [0.3, 0.4) is 0 Å². The van der Waals surface area contributed by atoms with Gasteiger partial charge in [0.15, 0.2) is 5.96 Å². The minimum atomic E-state index is -1.55. The number of nitrogens with two attached hydrogens (primary N) is 3. The Morgan fingerprint density at radius 2 is 1.43 bits per heavy atom. The van der Waals surface area contributed by atoms with Gasteiger partial charge in [-0.2, -0.15) is 0 Å². The third kappa shape index (κ3) is 12.8. The maximum absolute atomic E-state index is 13.5. The van der Waals surface area contributed by atoms with Crippen molar-refractivity contribution < 1.29 is 39.3 Å². The summed E-state index contributed by atoms with van der Waals surface area (Å²) in [7, 11) is 0. The first-order valence-electron chi connectivity index (χ1n) is 14.3. The van der Waals surface area contributed by atoms with Crippen LogP contribution in [0.25, 0.3) is 0 Å². The van der Waals surface area contributed by atoms with Crippen LogP contribution in [-0.2, 0) is 30.4 Å². The Bertz CT molecular complexity index is 1160. The number of hydrogen-bond donors (Lipinski definition) is 10. The van der Waals surface area contributed by atoms with E-state index in [1.54, 1.807) is 26.0 Å². The van der Waals surface area contributed by atoms with Crippen molar-refractivity contribution in [1.29, 1.82) is 0 Å². The third-order valence-corrected chi connectivity index (χ3v) is 6.90. The van der Waals surface area contributed by atoms with Gasteiger partial charge in [0.1, 0.15) is 29.9 Å². The minimum absolute atomic E-state index is 0.00919. The van der Waals surface area contributed by atoms with E-state index in [0.29, 0.717) is 18.4 Å². The number of carbonyl (C=O) groups is 5. The summed E-state index contributed by atoms with van der Waals surface area (Å²) in [5.74, 6) is -4.94. The van der Waals surface area contributed by atoms with E-state index < -0.39 is 71.8 Å². The van der Waals surface area contributed by atoms with Crippen molar-refractivity contribution in [2.75, 3.05) is 6.54 Å². The van der Waals surface area contributed by atoms with Gasteiger partial charge >= 0.3 is 5.97 Å². The molecular formula is C28H46N8O8. The molecule has 0 aliphatic heterocycles. The average Bonchev–Trinajstić information content (AvgIpc) is 2.96. The number of phenols is 1. The van der Waals surface area contributed by atoms with Crippen LogP contribution in [0, 0.1) is 5.92 Å². The van der Waals surface area contributed by atoms with E-state index in [1.807, 2.05) is 0 Å². The van der Waals surface area contributed by atoms with Gasteiger partial charge in [-0.05, 0) is 50.3 Å². The minimum Gasteiger partial charge on any atom is -0.508 e. The fourth-order valence-electron chi connectivity index (χ4n) is 3.98. The van der Waals surface area contributed by atoms with Gasteiger partial charge in [0.25, 0.3) is 0 Å². The zero-order chi connectivity index (χ0) is 33.6. The summed E-state index contributed by atoms with van der Waals surface area (Å²) in [6, 6.07) is -0.318. The summed E-state index contributed by atoms with van der Waals surface area (Å²) in [6.07, 6.45) is -0.452. The molecule has 0 saturated carbocycles. The predicted molar refractivity (Wildman–Crippen MR) is 162 cm³/mol. The first-order chi connectivity index (χ1) is 20.6. The lowest BCUT2D eigenvalue weighted by molar-refractivity contribution is -0.142. The molecule has 16 heteroatoms. The molecule has 1 aromatic rings. The number of amides is 4. The third-order valence-electron chi connectivity index (χ3n) is 6.90. The number of guanidine groups is 1. The number of carboxylic acids is 1. The maximum Gasteiger partial charge on any atom is 0.325 e. The van der Waals surface area contributed by atoms with E-state index >= 15 is 0 Å². The topological polar surface area (TPSA) is 285 Å². The number of rotatable bonds is 18. The van der Waals surface area contributed by atoms with Gasteiger partial charge in [-0.1, -0.05) is 32.4 Å². The zero-order valence-electron chi connectivity index (χ0n) is 25.4. The van der Waals surface area contributed by atoms with Crippen molar-refractivity contribution in [3.63, 3.8) is 0 Å². The smallest absolute Gasteiger partial charge is 0.325 e. The van der Waals surface area contributed by atoms with E-state index in [-0.39, 0.29) is 31.1 Å². The highest BCUT2D eigenvalue weighted by Crippen LogP contribution is 2.13. The summed E-state index contributed by atoms with van der Waals surface area (Å²) in [5.41, 5.74) is 17.2. The molecule has 0 fully saturated rings. The lowest BCUT2D eigenvalue weighted by atomic mass is 9.97. The fourth-order valence-corrected chi connectivity index (χ4v) is 3.98. The number of benzene rings is 1. The molecule has 0 aliphatic carbocycles. The Hall–Kier alpha value is -4.44. The number of hydrogen-bond acceptors (Lipinski definition) is 9. The van der Waals surface area contributed by atoms with Gasteiger partial charge < -0.3 is 53.8 Å². The largest absolute Gasteiger partial charge is 0.508 e. The predicted octanol–water partition coefficient (Wildman–Crippen LogP) is -2.21. The highest BCUT2D eigenvalue weighted by molar-refractivity contribution is 5.95. The molecule has 0 radical (unpaired) electrons. The number of carboxylic acid groups (broad SMARTS) is 1. The summed E-state index contributed by atoms with van der Waals surface area (Å²) in [5, 5.41) is 39.0. The molecular weight excluding hydrogens is 576 g/mol. The molecule has 16 nitrogen and oxygen atoms in total. The molecule has 1 aromatic carbocycles. The van der Waals surface area contributed by atoms with Crippen LogP contribution in [-0.4, -0.2) is 93.7 Å². The van der Waals surface area contributed by atoms with Crippen LogP contribution in [0.4, 0.5) is 0 Å². The molecule has 0 aromatic heterocycles. The van der Waals surface area contributed by atoms with Crippen LogP contribution in [0.1, 0.15) is 52.5 Å². The number of aliphatic imine (C=N–C) groups is 1. The number of aliphatic hydroxyl groups excluding tert-OH is 1. The zero-order valence-corrected chi connectivity index (χ0v) is 25.4. The van der Waals surface area contributed by atoms with Gasteiger partial charge in [0.05, 0.1) is 12.1 Å². The molecule has 4 amide bonds. The Morgan fingerprint density at radius 3 is 1.95 bits per heavy atom. The SMILES string of the molecule is CC[C@H](C)[C@H](NC(=O)[C@@H](NC(=O)[C@H](Cc1ccc(O)cc1)NC(=O)[C@@H](N)CCCN=C(N)N)[C@@H](C)O)C(=O)N[C@@H](C)C(=O)O. The van der Waals surface area contributed by atoms with Crippen LogP contribution in [0.2, 0.25) is 0 Å². The number of aliphatic hydroxyl groups is 1. The van der Waals surface area contributed by atoms with E-state index in [9.17, 15) is 34.2 Å². The molecule has 0 saturated heterocycles. The summed E-state index contributed by atoms with van der Waals surface area (Å²) in [4.78, 5) is 67.5. The summed E-state index contributed by atoms with van der Waals surface area (Å²) < 4.78 is 0. The first kappa shape index (κ1) is 37.6. The summed E-state index contributed by atoms with van der Waals surface area (Å²) in [6.45, 7) is 6.22. The lowest BCUT2D eigenvalue weighted by Gasteiger charge is -2.29. The number of aliphatic carboxylic acids is 1. The van der Waals surface area contributed by atoms with E-state index in [4.69, 9.17) is 22.3 Å². The van der Waals surface area contributed by atoms with Crippen LogP contribution < -0.4 is 38.5 Å². The maximum atomic E-state index is 13.5. The fraction of sp³-hybridized carbons (Fsp3) is 0.571. The van der Waals surface area contributed by atoms with Crippen molar-refractivity contribution in [1.82, 2.24) is 21.3 Å². The molecule has 0 unspecified atom stereocenters. The van der Waals surface area contributed by atoms with Crippen molar-refractivity contribution in [2.45, 2.75) is 89.7 Å². The molecule has 0 aliphatic rings. The first-order valence-corrected chi connectivity index (χ1v) is 14.3. The monoisotopic (exact) mass is 622 g/mol. The normalized spacial score (nSPS) is 15.7. The molecule has 7 atom stereocenters. The Labute approximate surface area is 256 Å². The van der Waals surface area contributed by atoms with Gasteiger partial charge in [0.2, 0.25) is 23.6 Å². The van der Waals surface area contributed by atoms with Crippen molar-refractivity contribution >= 4 is 35.6 Å². The number of nitrogens with zero attached hydrogens (tertiary/aromatic N) is 1. The van der Waals surface area contributed by atoms with E-state index in [2.05, 4.69) is 26.3 Å². The average molecular weight is 623 g/mol. The van der Waals surface area contributed by atoms with Crippen molar-refractivity contribution in [3.8, 4) is 5.75 Å². The van der Waals surface area contributed by atoms with Gasteiger partial charge in [-0.15, -0.1) is 0 Å². The molecule has 0 heterocycles. The number of aromatic hydroxyl groups is 1. The standard InChI is InChI=1S/C28H46N8O8/c1-5-14(2)21(25(41)33-15(3)27(43)44)35-26(42)22(16(4)37)36-24(40)20(13-17-8-10-18(38)11-9-17)34-23(39)19(29)7-6-12-32-28(30)31/h8-11,14-16,19-22,37-38H,5-7,12-13,29H2,1-4H3,(H,33,41)(H,34,39)(H,35,42)(H,36,40)(H,43,44)(H4,30,31,32)/t14-,15-,16+,19-,20-,21-,22-/m0/s1. The van der Waals surface area contributed by atoms with Crippen molar-refractivity contribution in [3.05, 3.63) is 29.8 Å². The molecule has 0 bridgehead atoms. The molecule has 1 rings (SSSR count). The Balaban J connectivity index is 3.15. The number of nitrogens with one attached hydrogen (secondary N) is 4. The highest BCUT2D eigenvalue weighted by Gasteiger charge is 2.35. The second-order valence-electron chi connectivity index (χ2n) is 10.7. The number of carbonyl (C=O) groups excluding carboxylic acids is 4. The second-order valence-corrected chi connectivity index (χ2v) is 10.7. The quantitative estimate of drug-likeness (QED) is 0.0475.